The number of hydrogen-bond donors (Lipinski definition) is 1. The maximum absolute atomic E-state index is 11.8. The molecule has 3 heteroatoms. The van der Waals surface area contributed by atoms with Crippen molar-refractivity contribution < 1.29 is 4.79 Å². The molecule has 0 aliphatic rings. The van der Waals surface area contributed by atoms with Crippen molar-refractivity contribution in [2.24, 2.45) is 0 Å². The molecule has 1 amide bonds. The van der Waals surface area contributed by atoms with E-state index in [9.17, 15) is 4.79 Å². The van der Waals surface area contributed by atoms with Gasteiger partial charge in [0.2, 0.25) is 0 Å². The number of hydrogen-bond acceptors (Lipinski definition) is 2. The van der Waals surface area contributed by atoms with E-state index >= 15 is 0 Å². The number of nitrogens with one attached hydrogen (secondary N) is 1. The van der Waals surface area contributed by atoms with E-state index in [0.717, 1.165) is 31.5 Å². The molecule has 0 aromatic heterocycles. The molecule has 0 spiro atoms. The standard InChI is InChI=1S/C14H22N2O/c1-4-12-7-5-8-13(11-12)14(17)15-9-6-10-16(2)3/h5,7-8,11H,4,6,9-10H2,1-3H3,(H,15,17). The number of benzene rings is 1. The van der Waals surface area contributed by atoms with E-state index in [0.29, 0.717) is 0 Å². The zero-order valence-electron chi connectivity index (χ0n) is 11.0. The van der Waals surface area contributed by atoms with Gasteiger partial charge in [-0.15, -0.1) is 0 Å². The van der Waals surface area contributed by atoms with Gasteiger partial charge in [-0.3, -0.25) is 4.79 Å². The quantitative estimate of drug-likeness (QED) is 0.763. The third kappa shape index (κ3) is 5.00. The van der Waals surface area contributed by atoms with Crippen molar-refractivity contribution in [1.29, 1.82) is 0 Å². The Morgan fingerprint density at radius 3 is 2.76 bits per heavy atom. The van der Waals surface area contributed by atoms with Crippen LogP contribution in [0.25, 0.3) is 0 Å². The monoisotopic (exact) mass is 234 g/mol. The predicted octanol–water partition coefficient (Wildman–Crippen LogP) is 1.93. The van der Waals surface area contributed by atoms with E-state index in [1.54, 1.807) is 0 Å². The van der Waals surface area contributed by atoms with Crippen LogP contribution in [0.4, 0.5) is 0 Å². The highest BCUT2D eigenvalue weighted by atomic mass is 16.1. The summed E-state index contributed by atoms with van der Waals surface area (Å²) in [6.45, 7) is 3.82. The Bertz CT molecular complexity index is 361. The lowest BCUT2D eigenvalue weighted by Crippen LogP contribution is -2.27. The average Bonchev–Trinajstić information content (AvgIpc) is 2.34. The Morgan fingerprint density at radius 2 is 2.12 bits per heavy atom. The van der Waals surface area contributed by atoms with Crippen LogP contribution >= 0.6 is 0 Å². The molecule has 0 aliphatic heterocycles. The van der Waals surface area contributed by atoms with Gasteiger partial charge in [0.05, 0.1) is 0 Å². The zero-order chi connectivity index (χ0) is 12.7. The maximum Gasteiger partial charge on any atom is 0.251 e. The van der Waals surface area contributed by atoms with Crippen LogP contribution in [0.15, 0.2) is 24.3 Å². The summed E-state index contributed by atoms with van der Waals surface area (Å²) >= 11 is 0. The molecule has 3 nitrogen and oxygen atoms in total. The van der Waals surface area contributed by atoms with Gasteiger partial charge in [0, 0.05) is 12.1 Å². The van der Waals surface area contributed by atoms with E-state index < -0.39 is 0 Å². The Balaban J connectivity index is 2.41. The van der Waals surface area contributed by atoms with Gasteiger partial charge < -0.3 is 10.2 Å². The normalized spacial score (nSPS) is 10.6. The smallest absolute Gasteiger partial charge is 0.251 e. The second-order valence-corrected chi connectivity index (χ2v) is 4.47. The molecular weight excluding hydrogens is 212 g/mol. The van der Waals surface area contributed by atoms with Crippen molar-refractivity contribution in [2.75, 3.05) is 27.2 Å². The Kier molecular flexibility index (Phi) is 5.70. The Labute approximate surface area is 104 Å². The van der Waals surface area contributed by atoms with Gasteiger partial charge in [-0.1, -0.05) is 19.1 Å². The first-order valence-corrected chi connectivity index (χ1v) is 6.15. The molecule has 1 aromatic carbocycles. The van der Waals surface area contributed by atoms with Crippen molar-refractivity contribution in [3.8, 4) is 0 Å². The topological polar surface area (TPSA) is 32.3 Å². The molecule has 17 heavy (non-hydrogen) atoms. The summed E-state index contributed by atoms with van der Waals surface area (Å²) in [7, 11) is 4.07. The highest BCUT2D eigenvalue weighted by Crippen LogP contribution is 2.05. The largest absolute Gasteiger partial charge is 0.352 e. The van der Waals surface area contributed by atoms with Crippen LogP contribution in [0.5, 0.6) is 0 Å². The lowest BCUT2D eigenvalue weighted by Gasteiger charge is -2.10. The van der Waals surface area contributed by atoms with Crippen LogP contribution in [0.2, 0.25) is 0 Å². The van der Waals surface area contributed by atoms with E-state index in [-0.39, 0.29) is 5.91 Å². The van der Waals surface area contributed by atoms with Gasteiger partial charge in [-0.05, 0) is 51.2 Å². The first-order valence-electron chi connectivity index (χ1n) is 6.15. The van der Waals surface area contributed by atoms with Gasteiger partial charge >= 0.3 is 0 Å². The summed E-state index contributed by atoms with van der Waals surface area (Å²) in [5, 5.41) is 2.94. The maximum atomic E-state index is 11.8. The first-order chi connectivity index (χ1) is 8.13. The number of carbonyl (C=O) groups excluding carboxylic acids is 1. The van der Waals surface area contributed by atoms with Gasteiger partial charge in [-0.25, -0.2) is 0 Å². The van der Waals surface area contributed by atoms with Crippen molar-refractivity contribution in [1.82, 2.24) is 10.2 Å². The molecule has 0 unspecified atom stereocenters. The summed E-state index contributed by atoms with van der Waals surface area (Å²) in [5.74, 6) is 0.0269. The minimum atomic E-state index is 0.0269. The SMILES string of the molecule is CCc1cccc(C(=O)NCCCN(C)C)c1. The lowest BCUT2D eigenvalue weighted by atomic mass is 10.1. The number of rotatable bonds is 6. The molecule has 0 aliphatic carbocycles. The zero-order valence-corrected chi connectivity index (χ0v) is 11.0. The second-order valence-electron chi connectivity index (χ2n) is 4.47. The molecule has 0 saturated carbocycles. The second kappa shape index (κ2) is 7.07. The predicted molar refractivity (Wildman–Crippen MR) is 71.3 cm³/mol. The lowest BCUT2D eigenvalue weighted by molar-refractivity contribution is 0.0952. The molecule has 0 radical (unpaired) electrons. The molecule has 0 heterocycles. The van der Waals surface area contributed by atoms with E-state index in [2.05, 4.69) is 17.1 Å². The van der Waals surface area contributed by atoms with Crippen molar-refractivity contribution >= 4 is 5.91 Å². The summed E-state index contributed by atoms with van der Waals surface area (Å²) < 4.78 is 0. The van der Waals surface area contributed by atoms with Crippen molar-refractivity contribution in [3.05, 3.63) is 35.4 Å². The minimum absolute atomic E-state index is 0.0269. The molecule has 1 aromatic rings. The number of amides is 1. The summed E-state index contributed by atoms with van der Waals surface area (Å²) in [6, 6.07) is 7.80. The fourth-order valence-corrected chi connectivity index (χ4v) is 1.63. The third-order valence-electron chi connectivity index (χ3n) is 2.67. The fourth-order valence-electron chi connectivity index (χ4n) is 1.63. The van der Waals surface area contributed by atoms with Crippen LogP contribution in [-0.2, 0) is 6.42 Å². The van der Waals surface area contributed by atoms with Crippen LogP contribution in [-0.4, -0.2) is 38.0 Å². The average molecular weight is 234 g/mol. The molecular formula is C14H22N2O. The molecule has 0 fully saturated rings. The summed E-state index contributed by atoms with van der Waals surface area (Å²) in [4.78, 5) is 13.9. The van der Waals surface area contributed by atoms with Gasteiger partial charge in [0.15, 0.2) is 0 Å². The number of carbonyl (C=O) groups is 1. The fraction of sp³-hybridized carbons (Fsp3) is 0.500. The molecule has 94 valence electrons. The van der Waals surface area contributed by atoms with Gasteiger partial charge in [0.1, 0.15) is 0 Å². The number of nitrogens with zero attached hydrogens (tertiary/aromatic N) is 1. The minimum Gasteiger partial charge on any atom is -0.352 e. The summed E-state index contributed by atoms with van der Waals surface area (Å²) in [6.07, 6.45) is 1.94. The molecule has 0 saturated heterocycles. The number of aryl methyl sites for hydroxylation is 1. The third-order valence-corrected chi connectivity index (χ3v) is 2.67. The van der Waals surface area contributed by atoms with Crippen LogP contribution in [0, 0.1) is 0 Å². The molecule has 0 atom stereocenters. The summed E-state index contributed by atoms with van der Waals surface area (Å²) in [5.41, 5.74) is 1.96. The molecule has 0 bridgehead atoms. The highest BCUT2D eigenvalue weighted by molar-refractivity contribution is 5.94. The van der Waals surface area contributed by atoms with Gasteiger partial charge in [0.25, 0.3) is 5.91 Å². The van der Waals surface area contributed by atoms with E-state index in [1.807, 2.05) is 38.4 Å². The van der Waals surface area contributed by atoms with Crippen LogP contribution in [0.3, 0.4) is 0 Å². The van der Waals surface area contributed by atoms with Crippen molar-refractivity contribution in [3.63, 3.8) is 0 Å². The van der Waals surface area contributed by atoms with Crippen LogP contribution in [0.1, 0.15) is 29.3 Å². The Hall–Kier alpha value is -1.35. The Morgan fingerprint density at radius 1 is 1.35 bits per heavy atom. The first kappa shape index (κ1) is 13.7. The van der Waals surface area contributed by atoms with Crippen molar-refractivity contribution in [2.45, 2.75) is 19.8 Å². The molecule has 1 rings (SSSR count). The molecule has 1 N–H and O–H groups in total. The van der Waals surface area contributed by atoms with E-state index in [4.69, 9.17) is 0 Å². The van der Waals surface area contributed by atoms with Crippen LogP contribution < -0.4 is 5.32 Å². The van der Waals surface area contributed by atoms with E-state index in [1.165, 1.54) is 5.56 Å². The van der Waals surface area contributed by atoms with Gasteiger partial charge in [-0.2, -0.15) is 0 Å². The highest BCUT2D eigenvalue weighted by Gasteiger charge is 2.04.